The molecule has 8 heteroatoms. The third-order valence-electron chi connectivity index (χ3n) is 4.04. The summed E-state index contributed by atoms with van der Waals surface area (Å²) in [6.07, 6.45) is 3.13. The normalized spacial score (nSPS) is 14.6. The summed E-state index contributed by atoms with van der Waals surface area (Å²) in [5, 5.41) is 3.23. The number of hydrogen-bond acceptors (Lipinski definition) is 6. The van der Waals surface area contributed by atoms with E-state index in [-0.39, 0.29) is 18.5 Å². The van der Waals surface area contributed by atoms with Gasteiger partial charge in [-0.3, -0.25) is 9.36 Å². The van der Waals surface area contributed by atoms with Crippen molar-refractivity contribution in [2.24, 2.45) is 0 Å². The molecule has 1 aliphatic rings. The molecule has 1 aromatic carbocycles. The molecule has 4 rings (SSSR count). The first-order chi connectivity index (χ1) is 11.7. The van der Waals surface area contributed by atoms with Gasteiger partial charge in [0, 0.05) is 19.3 Å². The summed E-state index contributed by atoms with van der Waals surface area (Å²) in [7, 11) is 0. The van der Waals surface area contributed by atoms with E-state index in [2.05, 4.69) is 15.3 Å². The number of aromatic nitrogens is 3. The van der Waals surface area contributed by atoms with Gasteiger partial charge in [0.1, 0.15) is 18.7 Å². The summed E-state index contributed by atoms with van der Waals surface area (Å²) in [4.78, 5) is 33.9. The van der Waals surface area contributed by atoms with Gasteiger partial charge >= 0.3 is 5.76 Å². The van der Waals surface area contributed by atoms with Gasteiger partial charge in [-0.15, -0.1) is 0 Å². The number of fused-ring (bicyclic) bond motifs is 1. The SMILES string of the molecule is O=C(Cn1c(=O)oc2ccccc21)N1CC(Nc2ccncn2)C1. The Kier molecular flexibility index (Phi) is 3.49. The van der Waals surface area contributed by atoms with Gasteiger partial charge in [-0.2, -0.15) is 0 Å². The summed E-state index contributed by atoms with van der Waals surface area (Å²) < 4.78 is 6.51. The Labute approximate surface area is 136 Å². The van der Waals surface area contributed by atoms with Crippen molar-refractivity contribution in [3.05, 3.63) is 53.4 Å². The number of nitrogens with one attached hydrogen (secondary N) is 1. The largest absolute Gasteiger partial charge is 0.420 e. The first kappa shape index (κ1) is 14.4. The molecule has 0 radical (unpaired) electrons. The summed E-state index contributed by atoms with van der Waals surface area (Å²) in [5.41, 5.74) is 1.12. The number of anilines is 1. The molecule has 3 aromatic rings. The molecule has 1 N–H and O–H groups in total. The fourth-order valence-electron chi connectivity index (χ4n) is 2.76. The average molecular weight is 325 g/mol. The highest BCUT2D eigenvalue weighted by Gasteiger charge is 2.31. The first-order valence-corrected chi connectivity index (χ1v) is 7.59. The minimum absolute atomic E-state index is 0.0178. The number of carbonyl (C=O) groups is 1. The molecule has 0 saturated carbocycles. The Morgan fingerprint density at radius 3 is 2.92 bits per heavy atom. The number of carbonyl (C=O) groups excluding carboxylic acids is 1. The predicted molar refractivity (Wildman–Crippen MR) is 86.5 cm³/mol. The molecule has 1 fully saturated rings. The van der Waals surface area contributed by atoms with E-state index in [1.807, 2.05) is 6.07 Å². The molecule has 122 valence electrons. The second-order valence-electron chi connectivity index (χ2n) is 5.66. The number of oxazole rings is 1. The number of rotatable bonds is 4. The quantitative estimate of drug-likeness (QED) is 0.759. The van der Waals surface area contributed by atoms with Gasteiger partial charge in [-0.25, -0.2) is 14.8 Å². The molecule has 24 heavy (non-hydrogen) atoms. The number of benzene rings is 1. The maximum absolute atomic E-state index is 12.4. The zero-order valence-corrected chi connectivity index (χ0v) is 12.8. The maximum Gasteiger partial charge on any atom is 0.420 e. The second-order valence-corrected chi connectivity index (χ2v) is 5.66. The second kappa shape index (κ2) is 5.80. The van der Waals surface area contributed by atoms with Crippen LogP contribution in [0, 0.1) is 0 Å². The van der Waals surface area contributed by atoms with E-state index >= 15 is 0 Å². The average Bonchev–Trinajstić information content (AvgIpc) is 2.87. The Bertz CT molecular complexity index is 928. The number of para-hydroxylation sites is 2. The molecule has 0 unspecified atom stereocenters. The third-order valence-corrected chi connectivity index (χ3v) is 4.04. The topological polar surface area (TPSA) is 93.3 Å². The van der Waals surface area contributed by atoms with Crippen LogP contribution in [0.25, 0.3) is 11.1 Å². The maximum atomic E-state index is 12.4. The van der Waals surface area contributed by atoms with Crippen LogP contribution in [0.4, 0.5) is 5.82 Å². The molecule has 1 aliphatic heterocycles. The lowest BCUT2D eigenvalue weighted by atomic mass is 10.1. The van der Waals surface area contributed by atoms with Crippen molar-refractivity contribution < 1.29 is 9.21 Å². The van der Waals surface area contributed by atoms with Crippen molar-refractivity contribution in [3.8, 4) is 0 Å². The zero-order valence-electron chi connectivity index (χ0n) is 12.8. The van der Waals surface area contributed by atoms with Crippen LogP contribution in [-0.2, 0) is 11.3 Å². The van der Waals surface area contributed by atoms with Crippen molar-refractivity contribution in [1.82, 2.24) is 19.4 Å². The van der Waals surface area contributed by atoms with Crippen LogP contribution in [0.3, 0.4) is 0 Å². The summed E-state index contributed by atoms with van der Waals surface area (Å²) in [5.74, 6) is 0.115. The lowest BCUT2D eigenvalue weighted by Gasteiger charge is -2.39. The van der Waals surface area contributed by atoms with Gasteiger partial charge in [0.15, 0.2) is 5.58 Å². The van der Waals surface area contributed by atoms with Gasteiger partial charge in [0.05, 0.1) is 11.6 Å². The molecule has 0 spiro atoms. The minimum atomic E-state index is -0.513. The summed E-state index contributed by atoms with van der Waals surface area (Å²) in [6.45, 7) is 1.14. The first-order valence-electron chi connectivity index (χ1n) is 7.59. The standard InChI is InChI=1S/C16H15N5O3/c22-15(9-21-12-3-1-2-4-13(12)24-16(21)23)20-7-11(8-20)19-14-5-6-17-10-18-14/h1-6,10-11H,7-9H2,(H,17,18,19). The molecule has 1 amide bonds. The summed E-state index contributed by atoms with van der Waals surface area (Å²) in [6, 6.07) is 9.01. The smallest absolute Gasteiger partial charge is 0.408 e. The molecule has 0 bridgehead atoms. The fourth-order valence-corrected chi connectivity index (χ4v) is 2.76. The van der Waals surface area contributed by atoms with E-state index in [0.29, 0.717) is 24.2 Å². The Morgan fingerprint density at radius 2 is 2.12 bits per heavy atom. The number of amides is 1. The van der Waals surface area contributed by atoms with Crippen molar-refractivity contribution in [2.75, 3.05) is 18.4 Å². The molecular formula is C16H15N5O3. The van der Waals surface area contributed by atoms with Gasteiger partial charge in [-0.1, -0.05) is 12.1 Å². The highest BCUT2D eigenvalue weighted by atomic mass is 16.4. The van der Waals surface area contributed by atoms with E-state index in [4.69, 9.17) is 4.42 Å². The lowest BCUT2D eigenvalue weighted by molar-refractivity contribution is -0.135. The third kappa shape index (κ3) is 2.62. The van der Waals surface area contributed by atoms with E-state index in [0.717, 1.165) is 5.82 Å². The summed E-state index contributed by atoms with van der Waals surface area (Å²) >= 11 is 0. The monoisotopic (exact) mass is 325 g/mol. The zero-order chi connectivity index (χ0) is 16.5. The molecular weight excluding hydrogens is 310 g/mol. The molecule has 2 aromatic heterocycles. The van der Waals surface area contributed by atoms with Crippen LogP contribution in [-0.4, -0.2) is 44.5 Å². The van der Waals surface area contributed by atoms with Gasteiger partial charge < -0.3 is 14.6 Å². The molecule has 1 saturated heterocycles. The van der Waals surface area contributed by atoms with Crippen molar-refractivity contribution >= 4 is 22.8 Å². The van der Waals surface area contributed by atoms with Crippen LogP contribution in [0.1, 0.15) is 0 Å². The Morgan fingerprint density at radius 1 is 1.29 bits per heavy atom. The van der Waals surface area contributed by atoms with E-state index in [1.165, 1.54) is 10.9 Å². The lowest BCUT2D eigenvalue weighted by Crippen LogP contribution is -2.58. The fraction of sp³-hybridized carbons (Fsp3) is 0.250. The van der Waals surface area contributed by atoms with Crippen LogP contribution in [0.2, 0.25) is 0 Å². The number of likely N-dealkylation sites (tertiary alicyclic amines) is 1. The molecule has 0 aliphatic carbocycles. The van der Waals surface area contributed by atoms with Crippen LogP contribution >= 0.6 is 0 Å². The van der Waals surface area contributed by atoms with Crippen LogP contribution < -0.4 is 11.1 Å². The molecule has 3 heterocycles. The van der Waals surface area contributed by atoms with Gasteiger partial charge in [-0.05, 0) is 18.2 Å². The minimum Gasteiger partial charge on any atom is -0.408 e. The van der Waals surface area contributed by atoms with Crippen molar-refractivity contribution in [3.63, 3.8) is 0 Å². The van der Waals surface area contributed by atoms with Crippen LogP contribution in [0.5, 0.6) is 0 Å². The van der Waals surface area contributed by atoms with E-state index < -0.39 is 5.76 Å². The Balaban J connectivity index is 1.39. The molecule has 8 nitrogen and oxygen atoms in total. The van der Waals surface area contributed by atoms with E-state index in [1.54, 1.807) is 35.4 Å². The number of hydrogen-bond donors (Lipinski definition) is 1. The van der Waals surface area contributed by atoms with Gasteiger partial charge in [0.25, 0.3) is 0 Å². The molecule has 0 atom stereocenters. The van der Waals surface area contributed by atoms with Gasteiger partial charge in [0.2, 0.25) is 5.91 Å². The Hall–Kier alpha value is -3.16. The predicted octanol–water partition coefficient (Wildman–Crippen LogP) is 0.707. The van der Waals surface area contributed by atoms with Crippen molar-refractivity contribution in [1.29, 1.82) is 0 Å². The van der Waals surface area contributed by atoms with Crippen LogP contribution in [0.15, 0.2) is 52.1 Å². The van der Waals surface area contributed by atoms with Crippen molar-refractivity contribution in [2.45, 2.75) is 12.6 Å². The highest BCUT2D eigenvalue weighted by molar-refractivity contribution is 5.80. The number of nitrogens with zero attached hydrogens (tertiary/aromatic N) is 4. The highest BCUT2D eigenvalue weighted by Crippen LogP contribution is 2.16. The van der Waals surface area contributed by atoms with E-state index in [9.17, 15) is 9.59 Å².